The van der Waals surface area contributed by atoms with Crippen LogP contribution in [0.2, 0.25) is 0 Å². The molecule has 0 spiro atoms. The maximum Gasteiger partial charge on any atom is 0.193 e. The van der Waals surface area contributed by atoms with Gasteiger partial charge >= 0.3 is 0 Å². The number of halogens is 1. The lowest BCUT2D eigenvalue weighted by molar-refractivity contribution is 0.00989. The maximum atomic E-state index is 5.99. The lowest BCUT2D eigenvalue weighted by atomic mass is 9.82. The molecule has 0 unspecified atom stereocenters. The lowest BCUT2D eigenvalue weighted by Gasteiger charge is -2.35. The predicted octanol–water partition coefficient (Wildman–Crippen LogP) is 4.37. The third-order valence-electron chi connectivity index (χ3n) is 5.42. The van der Waals surface area contributed by atoms with E-state index in [4.69, 9.17) is 14.5 Å². The first-order valence-electron chi connectivity index (χ1n) is 10.7. The van der Waals surface area contributed by atoms with E-state index >= 15 is 0 Å². The van der Waals surface area contributed by atoms with E-state index < -0.39 is 0 Å². The highest BCUT2D eigenvalue weighted by atomic mass is 127. The summed E-state index contributed by atoms with van der Waals surface area (Å²) in [6.07, 6.45) is 3.44. The van der Waals surface area contributed by atoms with Crippen LogP contribution in [0.25, 0.3) is 0 Å². The first-order valence-corrected chi connectivity index (χ1v) is 10.7. The number of hydrogen-bond acceptors (Lipinski definition) is 3. The predicted molar refractivity (Wildman–Crippen MR) is 133 cm³/mol. The van der Waals surface area contributed by atoms with Crippen LogP contribution in [-0.2, 0) is 14.9 Å². The Morgan fingerprint density at radius 3 is 2.52 bits per heavy atom. The maximum absolute atomic E-state index is 5.99. The highest BCUT2D eigenvalue weighted by Gasteiger charge is 2.25. The molecule has 29 heavy (non-hydrogen) atoms. The summed E-state index contributed by atoms with van der Waals surface area (Å²) in [4.78, 5) is 7.39. The van der Waals surface area contributed by atoms with E-state index in [1.165, 1.54) is 11.1 Å². The second kappa shape index (κ2) is 13.4. The average Bonchev–Trinajstić information content (AvgIpc) is 2.69. The molecule has 1 aromatic rings. The van der Waals surface area contributed by atoms with E-state index in [1.807, 2.05) is 0 Å². The van der Waals surface area contributed by atoms with Gasteiger partial charge in [0.25, 0.3) is 0 Å². The number of piperidine rings is 1. The van der Waals surface area contributed by atoms with Crippen molar-refractivity contribution in [1.82, 2.24) is 10.2 Å². The number of ether oxygens (including phenoxy) is 2. The molecule has 1 fully saturated rings. The van der Waals surface area contributed by atoms with Gasteiger partial charge in [-0.3, -0.25) is 4.99 Å². The van der Waals surface area contributed by atoms with Crippen molar-refractivity contribution in [3.63, 3.8) is 0 Å². The Hall–Kier alpha value is -0.860. The standard InChI is InChI=1S/C23H39N3O2.HI/c1-6-24-22(25-18-23(3,4)21-11-8-7-10-19(21)2)26-14-12-20(13-15-26)28-17-9-16-27-5;/h7-8,10-11,20H,6,9,12-18H2,1-5H3,(H,24,25);1H. The number of hydrogen-bond donors (Lipinski definition) is 1. The molecule has 166 valence electrons. The Labute approximate surface area is 194 Å². The van der Waals surface area contributed by atoms with Crippen molar-refractivity contribution in [3.8, 4) is 0 Å². The Kier molecular flexibility index (Phi) is 12.1. The van der Waals surface area contributed by atoms with Crippen LogP contribution < -0.4 is 5.32 Å². The van der Waals surface area contributed by atoms with Gasteiger partial charge in [-0.25, -0.2) is 0 Å². The minimum Gasteiger partial charge on any atom is -0.385 e. The van der Waals surface area contributed by atoms with Crippen LogP contribution in [0.15, 0.2) is 29.3 Å². The number of nitrogens with one attached hydrogen (secondary N) is 1. The molecule has 0 aromatic heterocycles. The van der Waals surface area contributed by atoms with Crippen molar-refractivity contribution < 1.29 is 9.47 Å². The molecule has 0 saturated carbocycles. The number of nitrogens with zero attached hydrogens (tertiary/aromatic N) is 2. The van der Waals surface area contributed by atoms with E-state index in [0.717, 1.165) is 64.6 Å². The Balaban J connectivity index is 0.00000420. The van der Waals surface area contributed by atoms with Crippen molar-refractivity contribution in [3.05, 3.63) is 35.4 Å². The van der Waals surface area contributed by atoms with E-state index in [-0.39, 0.29) is 29.4 Å². The molecule has 1 aliphatic heterocycles. The molecule has 1 N–H and O–H groups in total. The monoisotopic (exact) mass is 517 g/mol. The Morgan fingerprint density at radius 1 is 1.21 bits per heavy atom. The summed E-state index contributed by atoms with van der Waals surface area (Å²) in [7, 11) is 1.74. The van der Waals surface area contributed by atoms with E-state index in [1.54, 1.807) is 7.11 Å². The Bertz CT molecular complexity index is 614. The van der Waals surface area contributed by atoms with Crippen molar-refractivity contribution in [2.24, 2.45) is 4.99 Å². The number of aryl methyl sites for hydroxylation is 1. The molecule has 1 aromatic carbocycles. The summed E-state index contributed by atoms with van der Waals surface area (Å²) in [5.74, 6) is 1.03. The quantitative estimate of drug-likeness (QED) is 0.229. The first kappa shape index (κ1) is 26.2. The van der Waals surface area contributed by atoms with Gasteiger partial charge in [0.05, 0.1) is 12.6 Å². The van der Waals surface area contributed by atoms with E-state index in [9.17, 15) is 0 Å². The first-order chi connectivity index (χ1) is 13.5. The van der Waals surface area contributed by atoms with Crippen LogP contribution in [0.4, 0.5) is 0 Å². The lowest BCUT2D eigenvalue weighted by Crippen LogP contribution is -2.47. The zero-order chi connectivity index (χ0) is 20.4. The zero-order valence-corrected chi connectivity index (χ0v) is 21.2. The van der Waals surface area contributed by atoms with Crippen LogP contribution in [-0.4, -0.2) is 63.5 Å². The molecule has 5 nitrogen and oxygen atoms in total. The third kappa shape index (κ3) is 8.42. The van der Waals surface area contributed by atoms with Crippen LogP contribution in [0.1, 0.15) is 51.2 Å². The smallest absolute Gasteiger partial charge is 0.193 e. The van der Waals surface area contributed by atoms with Crippen LogP contribution in [0.5, 0.6) is 0 Å². The molecule has 0 aliphatic carbocycles. The Morgan fingerprint density at radius 2 is 1.90 bits per heavy atom. The van der Waals surface area contributed by atoms with E-state index in [2.05, 4.69) is 62.2 Å². The third-order valence-corrected chi connectivity index (χ3v) is 5.42. The molecule has 0 atom stereocenters. The fourth-order valence-electron chi connectivity index (χ4n) is 3.80. The summed E-state index contributed by atoms with van der Waals surface area (Å²) < 4.78 is 11.1. The number of methoxy groups -OCH3 is 1. The van der Waals surface area contributed by atoms with Crippen molar-refractivity contribution in [2.75, 3.05) is 46.5 Å². The second-order valence-corrected chi connectivity index (χ2v) is 8.27. The van der Waals surface area contributed by atoms with Crippen molar-refractivity contribution in [2.45, 2.75) is 58.5 Å². The SMILES string of the molecule is CCNC(=NCC(C)(C)c1ccccc1C)N1CCC(OCCCOC)CC1.I. The van der Waals surface area contributed by atoms with Crippen molar-refractivity contribution >= 4 is 29.9 Å². The summed E-state index contributed by atoms with van der Waals surface area (Å²) in [6, 6.07) is 8.63. The molecule has 6 heteroatoms. The van der Waals surface area contributed by atoms with Gasteiger partial charge in [0, 0.05) is 45.4 Å². The fraction of sp³-hybridized carbons (Fsp3) is 0.696. The molecular formula is C23H40IN3O2. The molecule has 0 bridgehead atoms. The van der Waals surface area contributed by atoms with Crippen molar-refractivity contribution in [1.29, 1.82) is 0 Å². The molecular weight excluding hydrogens is 477 g/mol. The number of benzene rings is 1. The zero-order valence-electron chi connectivity index (χ0n) is 18.9. The number of rotatable bonds is 9. The average molecular weight is 517 g/mol. The molecule has 2 rings (SSSR count). The van der Waals surface area contributed by atoms with Crippen LogP contribution >= 0.6 is 24.0 Å². The minimum absolute atomic E-state index is 0. The van der Waals surface area contributed by atoms with Crippen LogP contribution in [0.3, 0.4) is 0 Å². The molecule has 0 radical (unpaired) electrons. The second-order valence-electron chi connectivity index (χ2n) is 8.27. The van der Waals surface area contributed by atoms with E-state index in [0.29, 0.717) is 6.10 Å². The highest BCUT2D eigenvalue weighted by Crippen LogP contribution is 2.26. The van der Waals surface area contributed by atoms with Crippen LogP contribution in [0, 0.1) is 6.92 Å². The normalized spacial score (nSPS) is 15.9. The molecule has 1 aliphatic rings. The number of guanidine groups is 1. The van der Waals surface area contributed by atoms with Gasteiger partial charge in [-0.05, 0) is 44.2 Å². The summed E-state index contributed by atoms with van der Waals surface area (Å²) >= 11 is 0. The molecule has 1 saturated heterocycles. The van der Waals surface area contributed by atoms with Gasteiger partial charge in [0.1, 0.15) is 0 Å². The van der Waals surface area contributed by atoms with Gasteiger partial charge < -0.3 is 19.7 Å². The highest BCUT2D eigenvalue weighted by molar-refractivity contribution is 14.0. The topological polar surface area (TPSA) is 46.1 Å². The van der Waals surface area contributed by atoms with Gasteiger partial charge in [-0.2, -0.15) is 0 Å². The van der Waals surface area contributed by atoms with Gasteiger partial charge in [-0.1, -0.05) is 38.1 Å². The molecule has 1 heterocycles. The number of likely N-dealkylation sites (tertiary alicyclic amines) is 1. The minimum atomic E-state index is 0. The fourth-order valence-corrected chi connectivity index (χ4v) is 3.80. The van der Waals surface area contributed by atoms with Gasteiger partial charge in [0.2, 0.25) is 0 Å². The van der Waals surface area contributed by atoms with Gasteiger partial charge in [-0.15, -0.1) is 24.0 Å². The summed E-state index contributed by atoms with van der Waals surface area (Å²) in [5.41, 5.74) is 2.71. The number of aliphatic imine (C=N–C) groups is 1. The van der Waals surface area contributed by atoms with Gasteiger partial charge in [0.15, 0.2) is 5.96 Å². The largest absolute Gasteiger partial charge is 0.385 e. The molecule has 0 amide bonds. The summed E-state index contributed by atoms with van der Waals surface area (Å²) in [5, 5.41) is 3.48. The summed E-state index contributed by atoms with van der Waals surface area (Å²) in [6.45, 7) is 14.1.